The number of unbranched alkanes of at least 4 members (excludes halogenated alkanes) is 1. The molecule has 0 radical (unpaired) electrons. The zero-order valence-electron chi connectivity index (χ0n) is 10.4. The molecular formula is C16H24. The first-order valence-electron chi connectivity index (χ1n) is 5.89. The Kier molecular flexibility index (Phi) is 9.59. The zero-order chi connectivity index (χ0) is 12.2. The summed E-state index contributed by atoms with van der Waals surface area (Å²) >= 11 is 0. The third-order valence-corrected chi connectivity index (χ3v) is 2.43. The zero-order valence-corrected chi connectivity index (χ0v) is 10.4. The summed E-state index contributed by atoms with van der Waals surface area (Å²) in [6, 6.07) is 0. The SMILES string of the molecule is C=CCC(=C)C[CH-]CC[C+](CC=C)CC=C. The summed E-state index contributed by atoms with van der Waals surface area (Å²) in [5, 5.41) is 0. The van der Waals surface area contributed by atoms with Gasteiger partial charge in [0.15, 0.2) is 0 Å². The van der Waals surface area contributed by atoms with E-state index in [-0.39, 0.29) is 0 Å². The minimum Gasteiger partial charge on any atom is -0.321 e. The number of hydrogen-bond donors (Lipinski definition) is 0. The molecule has 0 saturated carbocycles. The quantitative estimate of drug-likeness (QED) is 0.252. The Morgan fingerprint density at radius 3 is 2.19 bits per heavy atom. The Morgan fingerprint density at radius 1 is 1.06 bits per heavy atom. The van der Waals surface area contributed by atoms with Crippen molar-refractivity contribution in [2.75, 3.05) is 0 Å². The average molecular weight is 216 g/mol. The van der Waals surface area contributed by atoms with Gasteiger partial charge in [-0.1, -0.05) is 19.2 Å². The van der Waals surface area contributed by atoms with Gasteiger partial charge < -0.3 is 6.42 Å². The molecule has 0 heteroatoms. The lowest BCUT2D eigenvalue weighted by Crippen LogP contribution is -1.95. The van der Waals surface area contributed by atoms with Crippen LogP contribution in [0.15, 0.2) is 50.1 Å². The van der Waals surface area contributed by atoms with E-state index < -0.39 is 0 Å². The maximum atomic E-state index is 3.99. The summed E-state index contributed by atoms with van der Waals surface area (Å²) in [5.41, 5.74) is 1.24. The van der Waals surface area contributed by atoms with Crippen LogP contribution in [0, 0.1) is 12.3 Å². The lowest BCUT2D eigenvalue weighted by Gasteiger charge is -2.12. The average Bonchev–Trinajstić information content (AvgIpc) is 2.25. The molecule has 0 unspecified atom stereocenters. The fraction of sp³-hybridized carbons (Fsp3) is 0.375. The van der Waals surface area contributed by atoms with Crippen LogP contribution in [-0.2, 0) is 0 Å². The Hall–Kier alpha value is -1.17. The van der Waals surface area contributed by atoms with E-state index >= 15 is 0 Å². The Labute approximate surface area is 101 Å². The Bertz CT molecular complexity index is 212. The maximum absolute atomic E-state index is 3.99. The summed E-state index contributed by atoms with van der Waals surface area (Å²) in [4.78, 5) is 0. The molecule has 0 atom stereocenters. The molecule has 0 fully saturated rings. The first kappa shape index (κ1) is 14.8. The molecule has 88 valence electrons. The van der Waals surface area contributed by atoms with E-state index in [0.717, 1.165) is 38.5 Å². The van der Waals surface area contributed by atoms with Gasteiger partial charge in [0.25, 0.3) is 0 Å². The van der Waals surface area contributed by atoms with Gasteiger partial charge >= 0.3 is 0 Å². The monoisotopic (exact) mass is 216 g/mol. The van der Waals surface area contributed by atoms with Crippen molar-refractivity contribution in [2.45, 2.75) is 38.5 Å². The molecule has 0 aliphatic rings. The normalized spacial score (nSPS) is 9.50. The molecule has 0 aromatic carbocycles. The number of rotatable bonds is 11. The van der Waals surface area contributed by atoms with E-state index in [9.17, 15) is 0 Å². The molecule has 0 bridgehead atoms. The summed E-state index contributed by atoms with van der Waals surface area (Å²) in [6.07, 6.45) is 14.3. The van der Waals surface area contributed by atoms with Gasteiger partial charge in [0.05, 0.1) is 12.3 Å². The second kappa shape index (κ2) is 10.4. The number of allylic oxidation sites excluding steroid dienone is 4. The molecule has 0 heterocycles. The predicted molar refractivity (Wildman–Crippen MR) is 75.0 cm³/mol. The molecule has 0 aliphatic carbocycles. The smallest absolute Gasteiger partial charge is 0.108 e. The van der Waals surface area contributed by atoms with Crippen molar-refractivity contribution in [3.63, 3.8) is 0 Å². The standard InChI is InChI=1S/C16H24/c1-5-10-15(4)13-8-9-14-16(11-6-2)12-7-3/h5-8H,1-4,9-14H2. The van der Waals surface area contributed by atoms with Crippen LogP contribution in [0.1, 0.15) is 38.5 Å². The highest BCUT2D eigenvalue weighted by Gasteiger charge is 2.12. The van der Waals surface area contributed by atoms with Crippen LogP contribution >= 0.6 is 0 Å². The molecule has 0 amide bonds. The minimum atomic E-state index is 0.923. The predicted octanol–water partition coefficient (Wildman–Crippen LogP) is 5.22. The van der Waals surface area contributed by atoms with Crippen molar-refractivity contribution in [1.82, 2.24) is 0 Å². The van der Waals surface area contributed by atoms with E-state index in [2.05, 4.69) is 32.7 Å². The molecule has 0 rings (SSSR count). The maximum Gasteiger partial charge on any atom is 0.108 e. The summed E-state index contributed by atoms with van der Waals surface area (Å²) in [5.74, 6) is 1.51. The Morgan fingerprint density at radius 2 is 1.69 bits per heavy atom. The lowest BCUT2D eigenvalue weighted by atomic mass is 9.94. The van der Waals surface area contributed by atoms with E-state index in [0.29, 0.717) is 0 Å². The van der Waals surface area contributed by atoms with E-state index in [1.807, 2.05) is 18.2 Å². The van der Waals surface area contributed by atoms with Gasteiger partial charge in [0.2, 0.25) is 0 Å². The van der Waals surface area contributed by atoms with Crippen LogP contribution in [0.2, 0.25) is 0 Å². The molecular weight excluding hydrogens is 192 g/mol. The lowest BCUT2D eigenvalue weighted by molar-refractivity contribution is 0.731. The highest BCUT2D eigenvalue weighted by molar-refractivity contribution is 5.05. The first-order valence-corrected chi connectivity index (χ1v) is 5.89. The second-order valence-electron chi connectivity index (χ2n) is 4.01. The van der Waals surface area contributed by atoms with E-state index in [1.54, 1.807) is 0 Å². The highest BCUT2D eigenvalue weighted by atomic mass is 14.1. The topological polar surface area (TPSA) is 0 Å². The van der Waals surface area contributed by atoms with Crippen molar-refractivity contribution in [3.05, 3.63) is 62.5 Å². The van der Waals surface area contributed by atoms with Gasteiger partial charge in [0.1, 0.15) is 12.8 Å². The van der Waals surface area contributed by atoms with E-state index in [1.165, 1.54) is 11.5 Å². The van der Waals surface area contributed by atoms with Gasteiger partial charge in [-0.2, -0.15) is 6.42 Å². The minimum absolute atomic E-state index is 0.923. The number of hydrogen-bond acceptors (Lipinski definition) is 0. The molecule has 0 spiro atoms. The Balaban J connectivity index is 3.60. The van der Waals surface area contributed by atoms with Gasteiger partial charge in [-0.05, 0) is 18.6 Å². The van der Waals surface area contributed by atoms with E-state index in [4.69, 9.17) is 0 Å². The fourth-order valence-corrected chi connectivity index (χ4v) is 1.60. The van der Waals surface area contributed by atoms with Gasteiger partial charge in [-0.15, -0.1) is 25.2 Å². The van der Waals surface area contributed by atoms with Crippen LogP contribution in [0.25, 0.3) is 0 Å². The molecule has 16 heavy (non-hydrogen) atoms. The van der Waals surface area contributed by atoms with Crippen LogP contribution in [0.5, 0.6) is 0 Å². The van der Waals surface area contributed by atoms with Gasteiger partial charge in [-0.25, -0.2) is 0 Å². The van der Waals surface area contributed by atoms with Crippen LogP contribution in [0.4, 0.5) is 0 Å². The summed E-state index contributed by atoms with van der Waals surface area (Å²) < 4.78 is 0. The van der Waals surface area contributed by atoms with Gasteiger partial charge in [0, 0.05) is 0 Å². The first-order chi connectivity index (χ1) is 7.74. The molecule has 0 N–H and O–H groups in total. The summed E-state index contributed by atoms with van der Waals surface area (Å²) in [6.45, 7) is 15.2. The van der Waals surface area contributed by atoms with Gasteiger partial charge in [-0.3, -0.25) is 0 Å². The van der Waals surface area contributed by atoms with Crippen molar-refractivity contribution >= 4 is 0 Å². The van der Waals surface area contributed by atoms with Crippen molar-refractivity contribution in [1.29, 1.82) is 0 Å². The molecule has 0 aromatic rings. The third-order valence-electron chi connectivity index (χ3n) is 2.43. The second-order valence-corrected chi connectivity index (χ2v) is 4.01. The van der Waals surface area contributed by atoms with Crippen LogP contribution in [0.3, 0.4) is 0 Å². The fourth-order valence-electron chi connectivity index (χ4n) is 1.60. The van der Waals surface area contributed by atoms with Crippen LogP contribution in [-0.4, -0.2) is 0 Å². The molecule has 0 nitrogen and oxygen atoms in total. The van der Waals surface area contributed by atoms with Crippen LogP contribution < -0.4 is 0 Å². The van der Waals surface area contributed by atoms with Crippen molar-refractivity contribution in [3.8, 4) is 0 Å². The third kappa shape index (κ3) is 8.16. The van der Waals surface area contributed by atoms with Crippen molar-refractivity contribution < 1.29 is 0 Å². The molecule has 0 saturated heterocycles. The summed E-state index contributed by atoms with van der Waals surface area (Å²) in [7, 11) is 0. The largest absolute Gasteiger partial charge is 0.321 e. The highest BCUT2D eigenvalue weighted by Crippen LogP contribution is 2.21. The molecule has 0 aliphatic heterocycles. The molecule has 0 aromatic heterocycles. The van der Waals surface area contributed by atoms with Crippen molar-refractivity contribution in [2.24, 2.45) is 0 Å².